The summed E-state index contributed by atoms with van der Waals surface area (Å²) in [6.07, 6.45) is 8.26. The van der Waals surface area contributed by atoms with Gasteiger partial charge in [-0.2, -0.15) is 0 Å². The highest BCUT2D eigenvalue weighted by molar-refractivity contribution is 8.18. The third-order valence-electron chi connectivity index (χ3n) is 7.31. The van der Waals surface area contributed by atoms with Gasteiger partial charge in [0.15, 0.2) is 0 Å². The van der Waals surface area contributed by atoms with E-state index in [4.69, 9.17) is 9.47 Å². The Kier molecular flexibility index (Phi) is 9.16. The second kappa shape index (κ2) is 13.0. The Labute approximate surface area is 247 Å². The van der Waals surface area contributed by atoms with E-state index in [0.29, 0.717) is 21.3 Å². The summed E-state index contributed by atoms with van der Waals surface area (Å²) in [6, 6.07) is 14.5. The molecule has 5 rings (SSSR count). The highest BCUT2D eigenvalue weighted by atomic mass is 32.2. The van der Waals surface area contributed by atoms with Crippen LogP contribution in [-0.4, -0.2) is 70.6 Å². The lowest BCUT2D eigenvalue weighted by atomic mass is 9.94. The summed E-state index contributed by atoms with van der Waals surface area (Å²) >= 11 is 1.79. The molecule has 11 heteroatoms. The third kappa shape index (κ3) is 6.69. The molecule has 0 aromatic heterocycles. The predicted molar refractivity (Wildman–Crippen MR) is 160 cm³/mol. The molecule has 4 amide bonds. The topological polar surface area (TPSA) is 96.5 Å². The van der Waals surface area contributed by atoms with Crippen LogP contribution in [0, 0.1) is 0 Å². The summed E-state index contributed by atoms with van der Waals surface area (Å²) in [4.78, 5) is 57.6. The van der Waals surface area contributed by atoms with Crippen molar-refractivity contribution >= 4 is 58.0 Å². The lowest BCUT2D eigenvalue weighted by Crippen LogP contribution is -2.51. The predicted octanol–water partition coefficient (Wildman–Crippen LogP) is 6.03. The largest absolute Gasteiger partial charge is 0.497 e. The van der Waals surface area contributed by atoms with Crippen molar-refractivity contribution in [3.63, 3.8) is 0 Å². The molecule has 2 aromatic rings. The van der Waals surface area contributed by atoms with E-state index in [2.05, 4.69) is 0 Å². The van der Waals surface area contributed by atoms with Crippen LogP contribution in [0.1, 0.15) is 43.2 Å². The first-order chi connectivity index (χ1) is 19.9. The number of benzene rings is 2. The number of rotatable bonds is 9. The van der Waals surface area contributed by atoms with E-state index in [1.54, 1.807) is 50.6 Å². The van der Waals surface area contributed by atoms with E-state index >= 15 is 0 Å². The zero-order valence-electron chi connectivity index (χ0n) is 22.9. The Hall–Kier alpha value is -3.54. The van der Waals surface area contributed by atoms with Gasteiger partial charge in [-0.3, -0.25) is 33.9 Å². The van der Waals surface area contributed by atoms with Gasteiger partial charge < -0.3 is 9.47 Å². The van der Waals surface area contributed by atoms with Crippen LogP contribution in [0.15, 0.2) is 58.3 Å². The Morgan fingerprint density at radius 3 is 1.51 bits per heavy atom. The molecular formula is C30H31N3O6S2. The van der Waals surface area contributed by atoms with Crippen molar-refractivity contribution in [2.45, 2.75) is 38.1 Å². The Morgan fingerprint density at radius 2 is 1.12 bits per heavy atom. The highest BCUT2D eigenvalue weighted by Gasteiger charge is 2.41. The van der Waals surface area contributed by atoms with Crippen molar-refractivity contribution < 1.29 is 28.7 Å². The molecule has 1 saturated carbocycles. The van der Waals surface area contributed by atoms with Gasteiger partial charge in [0, 0.05) is 6.04 Å². The molecule has 2 saturated heterocycles. The van der Waals surface area contributed by atoms with Crippen LogP contribution in [0.4, 0.5) is 9.59 Å². The fourth-order valence-electron chi connectivity index (χ4n) is 5.03. The van der Waals surface area contributed by atoms with Gasteiger partial charge in [-0.05, 0) is 83.9 Å². The van der Waals surface area contributed by atoms with Gasteiger partial charge in [0.2, 0.25) is 0 Å². The maximum absolute atomic E-state index is 13.3. The van der Waals surface area contributed by atoms with Crippen molar-refractivity contribution in [1.82, 2.24) is 14.7 Å². The number of carbonyl (C=O) groups is 4. The number of thioether (sulfide) groups is 2. The molecular weight excluding hydrogens is 562 g/mol. The average Bonchev–Trinajstić information content (AvgIpc) is 3.41. The van der Waals surface area contributed by atoms with Crippen LogP contribution in [-0.2, 0) is 9.59 Å². The molecule has 0 N–H and O–H groups in total. The van der Waals surface area contributed by atoms with Crippen LogP contribution < -0.4 is 9.47 Å². The number of methoxy groups -OCH3 is 2. The van der Waals surface area contributed by atoms with E-state index < -0.39 is 0 Å². The van der Waals surface area contributed by atoms with E-state index in [-0.39, 0.29) is 41.7 Å². The molecule has 0 atom stereocenters. The van der Waals surface area contributed by atoms with E-state index in [9.17, 15) is 19.2 Å². The van der Waals surface area contributed by atoms with Crippen LogP contribution in [0.5, 0.6) is 11.5 Å². The molecule has 3 fully saturated rings. The molecule has 2 aromatic carbocycles. The van der Waals surface area contributed by atoms with Crippen LogP contribution in [0.3, 0.4) is 0 Å². The van der Waals surface area contributed by atoms with Gasteiger partial charge in [0.1, 0.15) is 11.5 Å². The lowest BCUT2D eigenvalue weighted by Gasteiger charge is -2.37. The quantitative estimate of drug-likeness (QED) is 0.323. The summed E-state index contributed by atoms with van der Waals surface area (Å²) < 4.78 is 10.4. The summed E-state index contributed by atoms with van der Waals surface area (Å²) in [5.41, 5.74) is 1.56. The zero-order chi connectivity index (χ0) is 28.9. The van der Waals surface area contributed by atoms with Gasteiger partial charge in [-0.1, -0.05) is 43.5 Å². The number of amides is 4. The maximum atomic E-state index is 13.3. The zero-order valence-corrected chi connectivity index (χ0v) is 24.5. The van der Waals surface area contributed by atoms with Gasteiger partial charge >= 0.3 is 0 Å². The van der Waals surface area contributed by atoms with E-state index in [1.165, 1.54) is 9.80 Å². The number of nitrogens with zero attached hydrogens (tertiary/aromatic N) is 3. The van der Waals surface area contributed by atoms with Gasteiger partial charge in [-0.25, -0.2) is 0 Å². The molecule has 3 aliphatic rings. The summed E-state index contributed by atoms with van der Waals surface area (Å²) in [6.45, 7) is 0.0169. The number of hydrogen-bond donors (Lipinski definition) is 0. The van der Waals surface area contributed by atoms with Gasteiger partial charge in [-0.15, -0.1) is 0 Å². The van der Waals surface area contributed by atoms with Crippen LogP contribution in [0.25, 0.3) is 12.2 Å². The van der Waals surface area contributed by atoms with Crippen LogP contribution in [0.2, 0.25) is 0 Å². The standard InChI is InChI=1S/C30H31N3O6S2/c1-38-23-12-8-20(9-13-23)16-25-27(34)32(29(36)40-25)18-31(22-6-4-3-5-7-22)19-33-28(35)26(41-30(33)37)17-21-10-14-24(39-2)15-11-21/h8-17,22H,3-7,18-19H2,1-2H3/b25-16-,26-17-. The van der Waals surface area contributed by atoms with E-state index in [1.807, 2.05) is 29.2 Å². The smallest absolute Gasteiger partial charge is 0.294 e. The van der Waals surface area contributed by atoms with Gasteiger partial charge in [0.05, 0.1) is 37.4 Å². The fourth-order valence-corrected chi connectivity index (χ4v) is 6.69. The molecule has 41 heavy (non-hydrogen) atoms. The normalized spacial score (nSPS) is 20.3. The first kappa shape index (κ1) is 29.0. The van der Waals surface area contributed by atoms with Crippen molar-refractivity contribution in [2.24, 2.45) is 0 Å². The molecule has 0 spiro atoms. The molecule has 0 unspecified atom stereocenters. The van der Waals surface area contributed by atoms with E-state index in [0.717, 1.165) is 66.8 Å². The van der Waals surface area contributed by atoms with Crippen molar-refractivity contribution in [3.05, 3.63) is 69.5 Å². The highest BCUT2D eigenvalue weighted by Crippen LogP contribution is 2.36. The molecule has 2 heterocycles. The summed E-state index contributed by atoms with van der Waals surface area (Å²) in [5, 5.41) is -0.742. The maximum Gasteiger partial charge on any atom is 0.294 e. The Bertz CT molecular complexity index is 1290. The lowest BCUT2D eigenvalue weighted by molar-refractivity contribution is -0.127. The minimum Gasteiger partial charge on any atom is -0.497 e. The fraction of sp³-hybridized carbons (Fsp3) is 0.333. The van der Waals surface area contributed by atoms with Crippen molar-refractivity contribution in [2.75, 3.05) is 27.6 Å². The minimum absolute atomic E-state index is 0.00847. The molecule has 0 bridgehead atoms. The number of carbonyl (C=O) groups excluding carboxylic acids is 4. The molecule has 0 radical (unpaired) electrons. The first-order valence-corrected chi connectivity index (χ1v) is 15.0. The number of ether oxygens (including phenoxy) is 2. The van der Waals surface area contributed by atoms with Crippen molar-refractivity contribution in [3.8, 4) is 11.5 Å². The molecule has 214 valence electrons. The average molecular weight is 594 g/mol. The second-order valence-electron chi connectivity index (χ2n) is 9.93. The number of imide groups is 2. The SMILES string of the molecule is COc1ccc(/C=C2\SC(=O)N(CN(CN3C(=O)S/C(=C\c4ccc(OC)cc4)C3=O)C3CCCCC3)C2=O)cc1. The molecule has 1 aliphatic carbocycles. The number of hydrogen-bond acceptors (Lipinski definition) is 9. The Balaban J connectivity index is 1.33. The van der Waals surface area contributed by atoms with Gasteiger partial charge in [0.25, 0.3) is 22.3 Å². The molecule has 2 aliphatic heterocycles. The first-order valence-electron chi connectivity index (χ1n) is 13.4. The monoisotopic (exact) mass is 593 g/mol. The van der Waals surface area contributed by atoms with Crippen LogP contribution >= 0.6 is 23.5 Å². The minimum atomic E-state index is -0.384. The Morgan fingerprint density at radius 1 is 0.707 bits per heavy atom. The summed E-state index contributed by atoms with van der Waals surface area (Å²) in [7, 11) is 3.16. The summed E-state index contributed by atoms with van der Waals surface area (Å²) in [5.74, 6) is 0.629. The van der Waals surface area contributed by atoms with Crippen molar-refractivity contribution in [1.29, 1.82) is 0 Å². The third-order valence-corrected chi connectivity index (χ3v) is 9.13. The second-order valence-corrected chi connectivity index (χ2v) is 11.9. The molecule has 9 nitrogen and oxygen atoms in total.